The molecule has 1 unspecified atom stereocenters. The quantitative estimate of drug-likeness (QED) is 0.703. The van der Waals surface area contributed by atoms with Gasteiger partial charge in [0, 0.05) is 12.4 Å². The van der Waals surface area contributed by atoms with Crippen molar-refractivity contribution in [1.29, 1.82) is 0 Å². The largest absolute Gasteiger partial charge is 0.509 e. The van der Waals surface area contributed by atoms with Crippen LogP contribution >= 0.6 is 11.8 Å². The summed E-state index contributed by atoms with van der Waals surface area (Å²) in [5, 5.41) is 9.65. The van der Waals surface area contributed by atoms with Crippen LogP contribution in [0.1, 0.15) is 0 Å². The molecule has 14 heavy (non-hydrogen) atoms. The van der Waals surface area contributed by atoms with E-state index in [9.17, 15) is 5.11 Å². The van der Waals surface area contributed by atoms with Gasteiger partial charge >= 0.3 is 0 Å². The van der Waals surface area contributed by atoms with E-state index in [1.54, 1.807) is 24.0 Å². The highest BCUT2D eigenvalue weighted by atomic mass is 32.2. The Labute approximate surface area is 85.8 Å². The van der Waals surface area contributed by atoms with Crippen molar-refractivity contribution < 1.29 is 5.11 Å². The van der Waals surface area contributed by atoms with Crippen LogP contribution in [0.2, 0.25) is 0 Å². The molecule has 70 valence electrons. The lowest BCUT2D eigenvalue weighted by molar-refractivity contribution is 0.393. The summed E-state index contributed by atoms with van der Waals surface area (Å²) in [6, 6.07) is 3.93. The van der Waals surface area contributed by atoms with Crippen molar-refractivity contribution in [2.45, 2.75) is 10.3 Å². The first-order valence-corrected chi connectivity index (χ1v) is 5.21. The molecule has 1 N–H and O–H groups in total. The molecule has 3 heterocycles. The Morgan fingerprint density at radius 2 is 2.43 bits per heavy atom. The molecule has 0 bridgehead atoms. The lowest BCUT2D eigenvalue weighted by Crippen LogP contribution is -2.27. The molecule has 3 rings (SSSR count). The number of hydrogen-bond acceptors (Lipinski definition) is 4. The van der Waals surface area contributed by atoms with Gasteiger partial charge in [-0.15, -0.1) is 0 Å². The lowest BCUT2D eigenvalue weighted by atomic mass is 10.3. The third kappa shape index (κ3) is 0.974. The van der Waals surface area contributed by atoms with Crippen molar-refractivity contribution in [2.24, 2.45) is 0 Å². The molecule has 0 amide bonds. The van der Waals surface area contributed by atoms with E-state index in [4.69, 9.17) is 0 Å². The van der Waals surface area contributed by atoms with Gasteiger partial charge in [0.2, 0.25) is 0 Å². The van der Waals surface area contributed by atoms with Gasteiger partial charge in [-0.25, -0.2) is 4.98 Å². The summed E-state index contributed by atoms with van der Waals surface area (Å²) < 4.78 is 0. The van der Waals surface area contributed by atoms with Crippen molar-refractivity contribution in [2.75, 3.05) is 4.90 Å². The first-order chi connectivity index (χ1) is 6.86. The summed E-state index contributed by atoms with van der Waals surface area (Å²) in [7, 11) is 0. The van der Waals surface area contributed by atoms with Gasteiger partial charge in [0.15, 0.2) is 0 Å². The maximum Gasteiger partial charge on any atom is 0.147 e. The molecule has 0 saturated carbocycles. The van der Waals surface area contributed by atoms with Gasteiger partial charge in [0.1, 0.15) is 17.0 Å². The average Bonchev–Trinajstić information content (AvgIpc) is 2.59. The van der Waals surface area contributed by atoms with E-state index in [1.165, 1.54) is 0 Å². The maximum absolute atomic E-state index is 9.67. The SMILES string of the molecule is OC1=CC=CN2c3ncccc3SC12. The highest BCUT2D eigenvalue weighted by Gasteiger charge is 2.33. The number of aromatic nitrogens is 1. The summed E-state index contributed by atoms with van der Waals surface area (Å²) in [5.74, 6) is 1.31. The zero-order valence-electron chi connectivity index (χ0n) is 7.29. The third-order valence-electron chi connectivity index (χ3n) is 2.25. The number of thioether (sulfide) groups is 1. The Kier molecular flexibility index (Phi) is 1.58. The predicted molar refractivity (Wildman–Crippen MR) is 56.2 cm³/mol. The molecule has 0 fully saturated rings. The van der Waals surface area contributed by atoms with E-state index in [0.717, 1.165) is 10.7 Å². The molecule has 2 aliphatic rings. The molecule has 0 spiro atoms. The van der Waals surface area contributed by atoms with Gasteiger partial charge in [0.25, 0.3) is 0 Å². The molecule has 0 aliphatic carbocycles. The molecule has 3 nitrogen and oxygen atoms in total. The van der Waals surface area contributed by atoms with Gasteiger partial charge in [0.05, 0.1) is 4.90 Å². The highest BCUT2D eigenvalue weighted by molar-refractivity contribution is 8.00. The van der Waals surface area contributed by atoms with E-state index >= 15 is 0 Å². The van der Waals surface area contributed by atoms with Crippen LogP contribution in [-0.2, 0) is 0 Å². The van der Waals surface area contributed by atoms with Crippen molar-refractivity contribution >= 4 is 17.6 Å². The Morgan fingerprint density at radius 1 is 1.50 bits per heavy atom. The zero-order valence-corrected chi connectivity index (χ0v) is 8.11. The number of aliphatic hydroxyl groups is 1. The second-order valence-corrected chi connectivity index (χ2v) is 4.26. The van der Waals surface area contributed by atoms with Crippen LogP contribution in [-0.4, -0.2) is 15.5 Å². The molecule has 1 aromatic rings. The van der Waals surface area contributed by atoms with E-state index < -0.39 is 0 Å². The van der Waals surface area contributed by atoms with Crippen molar-refractivity contribution in [1.82, 2.24) is 4.98 Å². The normalized spacial score (nSPS) is 23.0. The number of pyridine rings is 1. The van der Waals surface area contributed by atoms with Gasteiger partial charge in [-0.05, 0) is 24.3 Å². The van der Waals surface area contributed by atoms with Gasteiger partial charge in [-0.3, -0.25) is 0 Å². The summed E-state index contributed by atoms with van der Waals surface area (Å²) in [5.41, 5.74) is 0. The molecule has 0 aromatic carbocycles. The molecular weight excluding hydrogens is 196 g/mol. The number of allylic oxidation sites excluding steroid dienone is 2. The zero-order chi connectivity index (χ0) is 9.54. The van der Waals surface area contributed by atoms with Crippen molar-refractivity contribution in [3.63, 3.8) is 0 Å². The molecule has 1 aromatic heterocycles. The van der Waals surface area contributed by atoms with Crippen LogP contribution in [0, 0.1) is 0 Å². The van der Waals surface area contributed by atoms with Crippen LogP contribution in [0.15, 0.2) is 47.3 Å². The minimum Gasteiger partial charge on any atom is -0.509 e. The monoisotopic (exact) mass is 204 g/mol. The first kappa shape index (κ1) is 7.94. The lowest BCUT2D eigenvalue weighted by Gasteiger charge is -2.23. The van der Waals surface area contributed by atoms with Gasteiger partial charge in [-0.1, -0.05) is 11.8 Å². The standard InChI is InChI=1S/C10H8N2OS/c13-7-3-2-6-12-9-8(14-10(7)12)4-1-5-11-9/h1-6,10,13H. The molecule has 1 atom stereocenters. The van der Waals surface area contributed by atoms with Crippen LogP contribution in [0.4, 0.5) is 5.82 Å². The number of aliphatic hydroxyl groups excluding tert-OH is 1. The number of hydrogen-bond donors (Lipinski definition) is 1. The summed E-state index contributed by atoms with van der Waals surface area (Å²) in [6.07, 6.45) is 7.26. The number of rotatable bonds is 0. The number of fused-ring (bicyclic) bond motifs is 3. The minimum absolute atomic E-state index is 0.0232. The first-order valence-electron chi connectivity index (χ1n) is 4.33. The third-order valence-corrected chi connectivity index (χ3v) is 3.52. The van der Waals surface area contributed by atoms with E-state index in [0.29, 0.717) is 5.76 Å². The number of nitrogens with zero attached hydrogens (tertiary/aromatic N) is 2. The fraction of sp³-hybridized carbons (Fsp3) is 0.100. The Balaban J connectivity index is 2.11. The molecular formula is C10H8N2OS. The fourth-order valence-electron chi connectivity index (χ4n) is 1.62. The molecule has 4 heteroatoms. The smallest absolute Gasteiger partial charge is 0.147 e. The van der Waals surface area contributed by atoms with Crippen LogP contribution in [0.5, 0.6) is 0 Å². The Bertz CT molecular complexity index is 442. The van der Waals surface area contributed by atoms with Crippen LogP contribution in [0.25, 0.3) is 0 Å². The summed E-state index contributed by atoms with van der Waals surface area (Å²) >= 11 is 1.62. The fourth-order valence-corrected chi connectivity index (χ4v) is 2.77. The van der Waals surface area contributed by atoms with Gasteiger partial charge in [-0.2, -0.15) is 0 Å². The summed E-state index contributed by atoms with van der Waals surface area (Å²) in [6.45, 7) is 0. The molecule has 2 aliphatic heterocycles. The Morgan fingerprint density at radius 3 is 3.36 bits per heavy atom. The van der Waals surface area contributed by atoms with Crippen LogP contribution in [0.3, 0.4) is 0 Å². The van der Waals surface area contributed by atoms with Crippen molar-refractivity contribution in [3.05, 3.63) is 42.4 Å². The average molecular weight is 204 g/mol. The second-order valence-electron chi connectivity index (χ2n) is 3.14. The summed E-state index contributed by atoms with van der Waals surface area (Å²) in [4.78, 5) is 7.39. The maximum atomic E-state index is 9.67. The van der Waals surface area contributed by atoms with E-state index in [1.807, 2.05) is 29.3 Å². The highest BCUT2D eigenvalue weighted by Crippen LogP contribution is 2.45. The van der Waals surface area contributed by atoms with Crippen LogP contribution < -0.4 is 4.90 Å². The molecule has 0 saturated heterocycles. The molecule has 0 radical (unpaired) electrons. The number of anilines is 1. The van der Waals surface area contributed by atoms with E-state index in [2.05, 4.69) is 4.98 Å². The van der Waals surface area contributed by atoms with Crippen molar-refractivity contribution in [3.8, 4) is 0 Å². The minimum atomic E-state index is -0.0232. The van der Waals surface area contributed by atoms with E-state index in [-0.39, 0.29) is 5.37 Å². The predicted octanol–water partition coefficient (Wildman–Crippen LogP) is 2.29. The Hall–Kier alpha value is -1.42. The van der Waals surface area contributed by atoms with Gasteiger partial charge < -0.3 is 10.0 Å². The topological polar surface area (TPSA) is 36.4 Å². The second kappa shape index (κ2) is 2.78.